The van der Waals surface area contributed by atoms with Crippen LogP contribution in [0.3, 0.4) is 0 Å². The molecule has 0 aliphatic rings. The van der Waals surface area contributed by atoms with Gasteiger partial charge in [0.05, 0.1) is 13.7 Å². The highest BCUT2D eigenvalue weighted by molar-refractivity contribution is 7.80. The van der Waals surface area contributed by atoms with E-state index in [-0.39, 0.29) is 11.7 Å². The van der Waals surface area contributed by atoms with E-state index in [9.17, 15) is 9.59 Å². The van der Waals surface area contributed by atoms with E-state index < -0.39 is 11.8 Å². The molecular weight excluding hydrogens is 410 g/mol. The van der Waals surface area contributed by atoms with Crippen molar-refractivity contribution in [2.45, 2.75) is 0 Å². The maximum absolute atomic E-state index is 12.2. The number of carbonyl (C=O) groups excluding carboxylic acids is 2. The molecule has 0 aromatic heterocycles. The topological polar surface area (TPSA) is 107 Å². The summed E-state index contributed by atoms with van der Waals surface area (Å²) in [5.41, 5.74) is 5.16. The van der Waals surface area contributed by atoms with Crippen molar-refractivity contribution in [2.75, 3.05) is 34.0 Å². The summed E-state index contributed by atoms with van der Waals surface area (Å²) in [6.07, 6.45) is 0. The van der Waals surface area contributed by atoms with Crippen molar-refractivity contribution in [2.24, 2.45) is 0 Å². The van der Waals surface area contributed by atoms with Crippen LogP contribution in [-0.4, -0.2) is 51.0 Å². The molecule has 0 fully saturated rings. The summed E-state index contributed by atoms with van der Waals surface area (Å²) >= 11 is 5.01. The molecular formula is C20H23N3O6S. The molecule has 30 heavy (non-hydrogen) atoms. The summed E-state index contributed by atoms with van der Waals surface area (Å²) in [5, 5.41) is 2.40. The Bertz CT molecular complexity index is 860. The largest absolute Gasteiger partial charge is 0.493 e. The lowest BCUT2D eigenvalue weighted by Crippen LogP contribution is -2.49. The number of carbonyl (C=O) groups is 2. The van der Waals surface area contributed by atoms with Crippen molar-refractivity contribution in [1.29, 1.82) is 0 Å². The summed E-state index contributed by atoms with van der Waals surface area (Å²) < 4.78 is 20.9. The predicted octanol–water partition coefficient (Wildman–Crippen LogP) is 1.43. The molecule has 0 spiro atoms. The molecule has 0 atom stereocenters. The van der Waals surface area contributed by atoms with Gasteiger partial charge in [-0.15, -0.1) is 0 Å². The van der Waals surface area contributed by atoms with Crippen LogP contribution in [0.15, 0.2) is 48.5 Å². The summed E-state index contributed by atoms with van der Waals surface area (Å²) in [5.74, 6) is 0.633. The lowest BCUT2D eigenvalue weighted by Gasteiger charge is -2.12. The van der Waals surface area contributed by atoms with Gasteiger partial charge in [0.1, 0.15) is 12.4 Å². The molecule has 160 valence electrons. The first-order valence-electron chi connectivity index (χ1n) is 8.91. The number of amides is 2. The summed E-state index contributed by atoms with van der Waals surface area (Å²) in [4.78, 5) is 24.1. The number of hydrogen-bond acceptors (Lipinski definition) is 7. The second kappa shape index (κ2) is 12.2. The molecule has 2 aromatic rings. The minimum Gasteiger partial charge on any atom is -0.493 e. The Labute approximate surface area is 179 Å². The molecule has 0 aliphatic heterocycles. The van der Waals surface area contributed by atoms with Gasteiger partial charge in [-0.1, -0.05) is 12.1 Å². The normalized spacial score (nSPS) is 9.93. The quantitative estimate of drug-likeness (QED) is 0.310. The molecule has 0 saturated heterocycles. The fraction of sp³-hybridized carbons (Fsp3) is 0.250. The van der Waals surface area contributed by atoms with E-state index in [0.29, 0.717) is 36.0 Å². The van der Waals surface area contributed by atoms with E-state index in [1.54, 1.807) is 55.6 Å². The van der Waals surface area contributed by atoms with Gasteiger partial charge in [0, 0.05) is 12.7 Å². The fourth-order valence-corrected chi connectivity index (χ4v) is 2.34. The minimum atomic E-state index is -0.491. The first-order chi connectivity index (χ1) is 14.5. The highest BCUT2D eigenvalue weighted by atomic mass is 32.1. The molecule has 0 aliphatic carbocycles. The van der Waals surface area contributed by atoms with Gasteiger partial charge < -0.3 is 18.9 Å². The van der Waals surface area contributed by atoms with Crippen LogP contribution < -0.4 is 30.4 Å². The van der Waals surface area contributed by atoms with Crippen LogP contribution in [0.2, 0.25) is 0 Å². The third-order valence-electron chi connectivity index (χ3n) is 3.64. The van der Waals surface area contributed by atoms with Gasteiger partial charge in [0.25, 0.3) is 11.8 Å². The Morgan fingerprint density at radius 3 is 2.27 bits per heavy atom. The lowest BCUT2D eigenvalue weighted by atomic mass is 10.2. The number of hydrogen-bond donors (Lipinski definition) is 3. The summed E-state index contributed by atoms with van der Waals surface area (Å²) in [6, 6.07) is 13.5. The number of para-hydroxylation sites is 2. The van der Waals surface area contributed by atoms with Crippen LogP contribution in [0, 0.1) is 0 Å². The van der Waals surface area contributed by atoms with Crippen LogP contribution >= 0.6 is 12.2 Å². The Morgan fingerprint density at radius 2 is 1.60 bits per heavy atom. The third kappa shape index (κ3) is 7.57. The number of ether oxygens (including phenoxy) is 4. The highest BCUT2D eigenvalue weighted by Gasteiger charge is 2.10. The van der Waals surface area contributed by atoms with Crippen LogP contribution in [0.1, 0.15) is 10.4 Å². The third-order valence-corrected chi connectivity index (χ3v) is 3.85. The van der Waals surface area contributed by atoms with Crippen LogP contribution in [0.5, 0.6) is 17.2 Å². The van der Waals surface area contributed by atoms with Gasteiger partial charge in [-0.25, -0.2) is 0 Å². The Hall–Kier alpha value is -3.37. The zero-order valence-electron chi connectivity index (χ0n) is 16.6. The number of nitrogens with one attached hydrogen (secondary N) is 3. The number of thiocarbonyl (C=S) groups is 1. The molecule has 9 nitrogen and oxygen atoms in total. The van der Waals surface area contributed by atoms with E-state index in [0.717, 1.165) is 0 Å². The summed E-state index contributed by atoms with van der Waals surface area (Å²) in [6.45, 7) is 0.614. The van der Waals surface area contributed by atoms with Crippen molar-refractivity contribution in [3.8, 4) is 17.2 Å². The van der Waals surface area contributed by atoms with E-state index in [1.807, 2.05) is 0 Å². The van der Waals surface area contributed by atoms with Crippen LogP contribution in [0.4, 0.5) is 0 Å². The minimum absolute atomic E-state index is 0.0638. The predicted molar refractivity (Wildman–Crippen MR) is 114 cm³/mol. The van der Waals surface area contributed by atoms with E-state index in [2.05, 4.69) is 16.2 Å². The van der Waals surface area contributed by atoms with Gasteiger partial charge in [-0.3, -0.25) is 25.8 Å². The average Bonchev–Trinajstić information content (AvgIpc) is 2.77. The van der Waals surface area contributed by atoms with Crippen molar-refractivity contribution in [3.05, 3.63) is 54.1 Å². The molecule has 0 heterocycles. The monoisotopic (exact) mass is 433 g/mol. The van der Waals surface area contributed by atoms with Crippen molar-refractivity contribution in [3.63, 3.8) is 0 Å². The lowest BCUT2D eigenvalue weighted by molar-refractivity contribution is -0.123. The van der Waals surface area contributed by atoms with Crippen LogP contribution in [0.25, 0.3) is 0 Å². The maximum atomic E-state index is 12.2. The number of hydrazine groups is 1. The Kier molecular flexibility index (Phi) is 9.35. The second-order valence-electron chi connectivity index (χ2n) is 5.76. The number of rotatable bonds is 9. The first kappa shape index (κ1) is 22.9. The van der Waals surface area contributed by atoms with Gasteiger partial charge in [-0.05, 0) is 48.6 Å². The van der Waals surface area contributed by atoms with Gasteiger partial charge in [0.15, 0.2) is 23.2 Å². The molecule has 0 bridgehead atoms. The van der Waals surface area contributed by atoms with E-state index in [1.165, 1.54) is 7.11 Å². The molecule has 0 radical (unpaired) electrons. The van der Waals surface area contributed by atoms with Crippen LogP contribution in [-0.2, 0) is 9.53 Å². The molecule has 2 rings (SSSR count). The number of methoxy groups -OCH3 is 2. The number of benzene rings is 2. The molecule has 2 amide bonds. The molecule has 2 aromatic carbocycles. The van der Waals surface area contributed by atoms with Crippen molar-refractivity contribution in [1.82, 2.24) is 16.2 Å². The SMILES string of the molecule is COCCOc1ccc(C(=O)NC(=S)NNC(=O)COc2ccccc2OC)cc1. The average molecular weight is 433 g/mol. The second-order valence-corrected chi connectivity index (χ2v) is 6.17. The van der Waals surface area contributed by atoms with Crippen molar-refractivity contribution >= 4 is 29.1 Å². The van der Waals surface area contributed by atoms with Crippen molar-refractivity contribution < 1.29 is 28.5 Å². The fourth-order valence-electron chi connectivity index (χ4n) is 2.20. The van der Waals surface area contributed by atoms with Gasteiger partial charge >= 0.3 is 0 Å². The van der Waals surface area contributed by atoms with E-state index in [4.69, 9.17) is 31.2 Å². The maximum Gasteiger partial charge on any atom is 0.276 e. The first-order valence-corrected chi connectivity index (χ1v) is 9.32. The smallest absolute Gasteiger partial charge is 0.276 e. The molecule has 3 N–H and O–H groups in total. The zero-order valence-corrected chi connectivity index (χ0v) is 17.4. The molecule has 0 saturated carbocycles. The zero-order chi connectivity index (χ0) is 21.8. The highest BCUT2D eigenvalue weighted by Crippen LogP contribution is 2.25. The van der Waals surface area contributed by atoms with Gasteiger partial charge in [-0.2, -0.15) is 0 Å². The Morgan fingerprint density at radius 1 is 0.900 bits per heavy atom. The molecule has 0 unspecified atom stereocenters. The van der Waals surface area contributed by atoms with E-state index >= 15 is 0 Å². The summed E-state index contributed by atoms with van der Waals surface area (Å²) in [7, 11) is 3.09. The standard InChI is InChI=1S/C20H23N3O6S/c1-26-11-12-28-15-9-7-14(8-10-15)19(25)21-20(30)23-22-18(24)13-29-17-6-4-3-5-16(17)27-2/h3-10H,11-13H2,1-2H3,(H,22,24)(H2,21,23,25,30). The molecule has 10 heteroatoms. The van der Waals surface area contributed by atoms with Gasteiger partial charge in [0.2, 0.25) is 0 Å². The Balaban J connectivity index is 1.73.